The molecule has 1 atom stereocenters. The monoisotopic (exact) mass is 367 g/mol. The molecule has 0 saturated carbocycles. The molecule has 1 aromatic heterocycles. The maximum absolute atomic E-state index is 12.8. The minimum Gasteiger partial charge on any atom is -0.484 e. The van der Waals surface area contributed by atoms with Crippen molar-refractivity contribution in [3.63, 3.8) is 0 Å². The van der Waals surface area contributed by atoms with E-state index >= 15 is 0 Å². The summed E-state index contributed by atoms with van der Waals surface area (Å²) in [4.78, 5) is 27.1. The molecule has 2 aliphatic rings. The molecule has 1 aromatic carbocycles. The maximum Gasteiger partial charge on any atom is 0.223 e. The highest BCUT2D eigenvalue weighted by molar-refractivity contribution is 6.00. The molecule has 142 valence electrons. The number of ketones is 1. The summed E-state index contributed by atoms with van der Waals surface area (Å²) in [5.41, 5.74) is 3.32. The first kappa shape index (κ1) is 17.8. The highest BCUT2D eigenvalue weighted by Crippen LogP contribution is 2.38. The molecule has 27 heavy (non-hydrogen) atoms. The fourth-order valence-corrected chi connectivity index (χ4v) is 4.30. The first-order valence-electron chi connectivity index (χ1n) is 9.47. The van der Waals surface area contributed by atoms with E-state index in [1.165, 1.54) is 0 Å². The van der Waals surface area contributed by atoms with Gasteiger partial charge in [0.2, 0.25) is 5.91 Å². The average Bonchev–Trinajstić information content (AvgIpc) is 3.14. The molecule has 6 heteroatoms. The fourth-order valence-electron chi connectivity index (χ4n) is 4.30. The number of carbonyl (C=O) groups is 2. The molecule has 0 aliphatic carbocycles. The van der Waals surface area contributed by atoms with E-state index in [0.29, 0.717) is 50.1 Å². The number of benzene rings is 1. The molecule has 1 saturated heterocycles. The molecular formula is C21H25N3O3. The molecule has 6 nitrogen and oxygen atoms in total. The van der Waals surface area contributed by atoms with Crippen LogP contribution >= 0.6 is 0 Å². The topological polar surface area (TPSA) is 64.4 Å². The van der Waals surface area contributed by atoms with Crippen molar-refractivity contribution in [2.75, 3.05) is 13.1 Å². The molecule has 2 aromatic rings. The van der Waals surface area contributed by atoms with E-state index in [4.69, 9.17) is 4.74 Å². The minimum atomic E-state index is -0.568. The van der Waals surface area contributed by atoms with Gasteiger partial charge in [0.05, 0.1) is 24.2 Å². The Hall–Kier alpha value is -2.63. The summed E-state index contributed by atoms with van der Waals surface area (Å²) in [6.45, 7) is 5.14. The van der Waals surface area contributed by atoms with Crippen LogP contribution in [0.1, 0.15) is 46.6 Å². The number of nitrogens with zero attached hydrogens (tertiary/aromatic N) is 3. The first-order chi connectivity index (χ1) is 12.9. The van der Waals surface area contributed by atoms with Gasteiger partial charge in [0, 0.05) is 32.1 Å². The maximum atomic E-state index is 12.8. The van der Waals surface area contributed by atoms with E-state index in [1.54, 1.807) is 6.07 Å². The second-order valence-corrected chi connectivity index (χ2v) is 7.72. The van der Waals surface area contributed by atoms with Crippen LogP contribution in [-0.4, -0.2) is 45.1 Å². The van der Waals surface area contributed by atoms with Gasteiger partial charge in [-0.15, -0.1) is 0 Å². The molecule has 4 rings (SSSR count). The van der Waals surface area contributed by atoms with Gasteiger partial charge in [-0.1, -0.05) is 12.1 Å². The Morgan fingerprint density at radius 1 is 1.30 bits per heavy atom. The smallest absolute Gasteiger partial charge is 0.223 e. The van der Waals surface area contributed by atoms with Crippen molar-refractivity contribution in [2.24, 2.45) is 7.05 Å². The lowest BCUT2D eigenvalue weighted by Crippen LogP contribution is -2.45. The Morgan fingerprint density at radius 3 is 2.81 bits per heavy atom. The van der Waals surface area contributed by atoms with Crippen LogP contribution in [0, 0.1) is 13.8 Å². The lowest BCUT2D eigenvalue weighted by atomic mass is 9.89. The number of para-hydroxylation sites is 1. The average molecular weight is 367 g/mol. The standard InChI is InChI=1S/C21H25N3O3/c1-14-16(15(2)23(3)22-14)8-9-20(26)24-11-10-21(13-24)12-18(25)17-6-4-5-7-19(17)27-21/h4-7H,8-13H2,1-3H3. The van der Waals surface area contributed by atoms with Crippen molar-refractivity contribution in [1.82, 2.24) is 14.7 Å². The van der Waals surface area contributed by atoms with E-state index in [-0.39, 0.29) is 11.7 Å². The Labute approximate surface area is 159 Å². The van der Waals surface area contributed by atoms with Gasteiger partial charge in [-0.3, -0.25) is 14.3 Å². The lowest BCUT2D eigenvalue weighted by molar-refractivity contribution is -0.130. The highest BCUT2D eigenvalue weighted by atomic mass is 16.5. The first-order valence-corrected chi connectivity index (χ1v) is 9.47. The van der Waals surface area contributed by atoms with Crippen molar-refractivity contribution in [3.8, 4) is 5.75 Å². The SMILES string of the molecule is Cc1nn(C)c(C)c1CCC(=O)N1CCC2(CC(=O)c3ccccc3O2)C1. The van der Waals surface area contributed by atoms with Crippen molar-refractivity contribution in [3.05, 3.63) is 46.8 Å². The number of Topliss-reactive ketones (excluding diaryl/α,β-unsaturated/α-hetero) is 1. The zero-order chi connectivity index (χ0) is 19.2. The summed E-state index contributed by atoms with van der Waals surface area (Å²) in [7, 11) is 1.92. The molecule has 1 unspecified atom stereocenters. The van der Waals surface area contributed by atoms with Gasteiger partial charge >= 0.3 is 0 Å². The summed E-state index contributed by atoms with van der Waals surface area (Å²) in [5.74, 6) is 0.863. The largest absolute Gasteiger partial charge is 0.484 e. The Bertz CT molecular complexity index is 917. The number of likely N-dealkylation sites (tertiary alicyclic amines) is 1. The number of hydrogen-bond acceptors (Lipinski definition) is 4. The molecule has 1 spiro atoms. The second-order valence-electron chi connectivity index (χ2n) is 7.72. The highest BCUT2D eigenvalue weighted by Gasteiger charge is 2.46. The zero-order valence-electron chi connectivity index (χ0n) is 16.1. The van der Waals surface area contributed by atoms with Gasteiger partial charge in [-0.05, 0) is 38.0 Å². The predicted molar refractivity (Wildman–Crippen MR) is 101 cm³/mol. The van der Waals surface area contributed by atoms with Crippen LogP contribution in [0.25, 0.3) is 0 Å². The third-order valence-electron chi connectivity index (χ3n) is 5.91. The van der Waals surface area contributed by atoms with E-state index in [9.17, 15) is 9.59 Å². The van der Waals surface area contributed by atoms with Crippen LogP contribution < -0.4 is 4.74 Å². The normalized spacial score (nSPS) is 21.4. The number of amides is 1. The molecule has 3 heterocycles. The Balaban J connectivity index is 1.42. The summed E-state index contributed by atoms with van der Waals surface area (Å²) in [6.07, 6.45) is 2.18. The Kier molecular flexibility index (Phi) is 4.29. The van der Waals surface area contributed by atoms with E-state index in [0.717, 1.165) is 17.0 Å². The van der Waals surface area contributed by atoms with Crippen molar-refractivity contribution < 1.29 is 14.3 Å². The molecule has 0 N–H and O–H groups in total. The van der Waals surface area contributed by atoms with Crippen molar-refractivity contribution in [2.45, 2.75) is 45.1 Å². The zero-order valence-corrected chi connectivity index (χ0v) is 16.1. The summed E-state index contributed by atoms with van der Waals surface area (Å²) < 4.78 is 8.07. The molecule has 0 bridgehead atoms. The van der Waals surface area contributed by atoms with Crippen LogP contribution in [0.5, 0.6) is 5.75 Å². The molecule has 1 amide bonds. The third-order valence-corrected chi connectivity index (χ3v) is 5.91. The number of ether oxygens (including phenoxy) is 1. The second kappa shape index (κ2) is 6.51. The van der Waals surface area contributed by atoms with Crippen LogP contribution in [0.4, 0.5) is 0 Å². The van der Waals surface area contributed by atoms with Crippen LogP contribution in [0.15, 0.2) is 24.3 Å². The van der Waals surface area contributed by atoms with Gasteiger partial charge in [0.15, 0.2) is 5.78 Å². The number of fused-ring (bicyclic) bond motifs is 1. The Morgan fingerprint density at radius 2 is 2.07 bits per heavy atom. The molecule has 2 aliphatic heterocycles. The van der Waals surface area contributed by atoms with E-state index in [2.05, 4.69) is 5.10 Å². The van der Waals surface area contributed by atoms with Gasteiger partial charge < -0.3 is 9.64 Å². The third kappa shape index (κ3) is 3.13. The summed E-state index contributed by atoms with van der Waals surface area (Å²) in [5, 5.41) is 4.42. The number of aromatic nitrogens is 2. The summed E-state index contributed by atoms with van der Waals surface area (Å²) in [6, 6.07) is 7.38. The van der Waals surface area contributed by atoms with Gasteiger partial charge in [-0.25, -0.2) is 0 Å². The summed E-state index contributed by atoms with van der Waals surface area (Å²) >= 11 is 0. The predicted octanol–water partition coefficient (Wildman–Crippen LogP) is 2.61. The number of rotatable bonds is 3. The van der Waals surface area contributed by atoms with Crippen LogP contribution in [0.2, 0.25) is 0 Å². The van der Waals surface area contributed by atoms with E-state index in [1.807, 2.05) is 48.7 Å². The van der Waals surface area contributed by atoms with Gasteiger partial charge in [0.1, 0.15) is 11.4 Å². The van der Waals surface area contributed by atoms with Crippen molar-refractivity contribution >= 4 is 11.7 Å². The van der Waals surface area contributed by atoms with Crippen molar-refractivity contribution in [1.29, 1.82) is 0 Å². The van der Waals surface area contributed by atoms with Crippen LogP contribution in [0.3, 0.4) is 0 Å². The number of hydrogen-bond donors (Lipinski definition) is 0. The number of carbonyl (C=O) groups excluding carboxylic acids is 2. The van der Waals surface area contributed by atoms with E-state index < -0.39 is 5.60 Å². The quantitative estimate of drug-likeness (QED) is 0.836. The van der Waals surface area contributed by atoms with Gasteiger partial charge in [-0.2, -0.15) is 5.10 Å². The fraction of sp³-hybridized carbons (Fsp3) is 0.476. The number of aryl methyl sites for hydroxylation is 2. The molecule has 1 fully saturated rings. The van der Waals surface area contributed by atoms with Crippen LogP contribution in [-0.2, 0) is 18.3 Å². The molecule has 0 radical (unpaired) electrons. The minimum absolute atomic E-state index is 0.104. The lowest BCUT2D eigenvalue weighted by Gasteiger charge is -2.34. The molecular weight excluding hydrogens is 342 g/mol. The van der Waals surface area contributed by atoms with Gasteiger partial charge in [0.25, 0.3) is 0 Å².